The molecule has 0 saturated carbocycles. The van der Waals surface area contributed by atoms with Gasteiger partial charge in [0.2, 0.25) is 0 Å². The number of carbonyl (C=O) groups excluding carboxylic acids is 1. The minimum absolute atomic E-state index is 0.307. The molecule has 0 saturated heterocycles. The van der Waals surface area contributed by atoms with Crippen LogP contribution in [0.25, 0.3) is 11.3 Å². The van der Waals surface area contributed by atoms with Crippen molar-refractivity contribution in [2.45, 2.75) is 0 Å². The molecule has 0 radical (unpaired) electrons. The van der Waals surface area contributed by atoms with Crippen molar-refractivity contribution in [1.29, 1.82) is 0 Å². The van der Waals surface area contributed by atoms with Gasteiger partial charge in [0.05, 0.1) is 5.56 Å². The van der Waals surface area contributed by atoms with Crippen molar-refractivity contribution < 1.29 is 4.79 Å². The van der Waals surface area contributed by atoms with E-state index in [2.05, 4.69) is 21.0 Å². The summed E-state index contributed by atoms with van der Waals surface area (Å²) >= 11 is 15.3. The molecule has 0 N–H and O–H groups in total. The van der Waals surface area contributed by atoms with Gasteiger partial charge in [-0.05, 0) is 18.2 Å². The first-order valence-corrected chi connectivity index (χ1v) is 6.22. The van der Waals surface area contributed by atoms with E-state index in [9.17, 15) is 4.79 Å². The maximum Gasteiger partial charge on any atom is 0.155 e. The normalized spacial score (nSPS) is 10.6. The van der Waals surface area contributed by atoms with E-state index in [1.54, 1.807) is 25.2 Å². The summed E-state index contributed by atoms with van der Waals surface area (Å²) in [4.78, 5) is 11.0. The van der Waals surface area contributed by atoms with Gasteiger partial charge in [-0.2, -0.15) is 5.10 Å². The number of hydrogen-bond acceptors (Lipinski definition) is 2. The Kier molecular flexibility index (Phi) is 3.56. The van der Waals surface area contributed by atoms with Gasteiger partial charge >= 0.3 is 0 Å². The molecule has 0 aliphatic rings. The second kappa shape index (κ2) is 4.80. The first-order chi connectivity index (χ1) is 8.04. The standard InChI is InChI=1S/C11H7BrCl2N2O/c1-16-11(14)8(5-17)10(15-16)7-4-6(13)2-3-9(7)12/h2-5H,1H3. The maximum absolute atomic E-state index is 11.0. The molecule has 2 aromatic rings. The number of aldehydes is 1. The summed E-state index contributed by atoms with van der Waals surface area (Å²) in [6.07, 6.45) is 0.692. The van der Waals surface area contributed by atoms with Crippen LogP contribution in [0.3, 0.4) is 0 Å². The second-order valence-corrected chi connectivity index (χ2v) is 5.07. The Balaban J connectivity index is 2.72. The Morgan fingerprint density at radius 2 is 2.12 bits per heavy atom. The Morgan fingerprint density at radius 3 is 2.76 bits per heavy atom. The Hall–Kier alpha value is -0.840. The number of halogens is 3. The highest BCUT2D eigenvalue weighted by Crippen LogP contribution is 2.33. The third-order valence-corrected chi connectivity index (χ3v) is 3.69. The lowest BCUT2D eigenvalue weighted by Gasteiger charge is -2.02. The topological polar surface area (TPSA) is 34.9 Å². The van der Waals surface area contributed by atoms with Crippen molar-refractivity contribution in [2.75, 3.05) is 0 Å². The van der Waals surface area contributed by atoms with E-state index >= 15 is 0 Å². The zero-order chi connectivity index (χ0) is 12.6. The maximum atomic E-state index is 11.0. The van der Waals surface area contributed by atoms with E-state index in [1.807, 2.05) is 0 Å². The molecule has 2 rings (SSSR count). The molecule has 1 aromatic heterocycles. The quantitative estimate of drug-likeness (QED) is 0.779. The fourth-order valence-electron chi connectivity index (χ4n) is 1.50. The van der Waals surface area contributed by atoms with Crippen LogP contribution in [0, 0.1) is 0 Å². The SMILES string of the molecule is Cn1nc(-c2cc(Cl)ccc2Br)c(C=O)c1Cl. The molecule has 0 atom stereocenters. The van der Waals surface area contributed by atoms with Crippen molar-refractivity contribution in [2.24, 2.45) is 7.05 Å². The van der Waals surface area contributed by atoms with Gasteiger partial charge in [-0.3, -0.25) is 9.48 Å². The van der Waals surface area contributed by atoms with Crippen molar-refractivity contribution in [3.8, 4) is 11.3 Å². The molecule has 0 bridgehead atoms. The first kappa shape index (κ1) is 12.6. The number of nitrogens with zero attached hydrogens (tertiary/aromatic N) is 2. The largest absolute Gasteiger partial charge is 0.298 e. The zero-order valence-corrected chi connectivity index (χ0v) is 11.8. The number of benzene rings is 1. The molecule has 3 nitrogen and oxygen atoms in total. The molecule has 1 aromatic carbocycles. The predicted molar refractivity (Wildman–Crippen MR) is 71.8 cm³/mol. The van der Waals surface area contributed by atoms with Crippen molar-refractivity contribution in [3.05, 3.63) is 38.4 Å². The third-order valence-electron chi connectivity index (χ3n) is 2.31. The van der Waals surface area contributed by atoms with Crippen molar-refractivity contribution in [3.63, 3.8) is 0 Å². The molecule has 1 heterocycles. The van der Waals surface area contributed by atoms with Crippen LogP contribution in [0.4, 0.5) is 0 Å². The van der Waals surface area contributed by atoms with Crippen LogP contribution in [0.2, 0.25) is 10.2 Å². The summed E-state index contributed by atoms with van der Waals surface area (Å²) in [5, 5.41) is 5.10. The second-order valence-electron chi connectivity index (χ2n) is 3.42. The smallest absolute Gasteiger partial charge is 0.155 e. The minimum Gasteiger partial charge on any atom is -0.298 e. The van der Waals surface area contributed by atoms with Crippen molar-refractivity contribution >= 4 is 45.4 Å². The Bertz CT molecular complexity index is 595. The molecular formula is C11H7BrCl2N2O. The van der Waals surface area contributed by atoms with Crippen LogP contribution in [-0.2, 0) is 7.05 Å². The fourth-order valence-corrected chi connectivity index (χ4v) is 2.28. The molecule has 17 heavy (non-hydrogen) atoms. The number of aromatic nitrogens is 2. The van der Waals surface area contributed by atoms with E-state index in [0.717, 1.165) is 10.0 Å². The highest BCUT2D eigenvalue weighted by atomic mass is 79.9. The van der Waals surface area contributed by atoms with Gasteiger partial charge in [-0.25, -0.2) is 0 Å². The highest BCUT2D eigenvalue weighted by molar-refractivity contribution is 9.10. The van der Waals surface area contributed by atoms with Gasteiger partial charge in [-0.15, -0.1) is 0 Å². The van der Waals surface area contributed by atoms with Crippen molar-refractivity contribution in [1.82, 2.24) is 9.78 Å². The number of carbonyl (C=O) groups is 1. The van der Waals surface area contributed by atoms with Gasteiger partial charge < -0.3 is 0 Å². The third kappa shape index (κ3) is 2.25. The molecule has 0 unspecified atom stereocenters. The molecule has 88 valence electrons. The van der Waals surface area contributed by atoms with Gasteiger partial charge in [-0.1, -0.05) is 39.1 Å². The van der Waals surface area contributed by atoms with Crippen LogP contribution in [0.15, 0.2) is 22.7 Å². The number of hydrogen-bond donors (Lipinski definition) is 0. The van der Waals surface area contributed by atoms with E-state index in [-0.39, 0.29) is 0 Å². The summed E-state index contributed by atoms with van der Waals surface area (Å²) in [6.45, 7) is 0. The number of aryl methyl sites for hydroxylation is 1. The van der Waals surface area contributed by atoms with Gasteiger partial charge in [0.15, 0.2) is 6.29 Å². The van der Waals surface area contributed by atoms with Crippen LogP contribution >= 0.6 is 39.1 Å². The summed E-state index contributed by atoms with van der Waals surface area (Å²) < 4.78 is 2.26. The van der Waals surface area contributed by atoms with E-state index in [1.165, 1.54) is 4.68 Å². The average Bonchev–Trinajstić information content (AvgIpc) is 2.58. The predicted octanol–water partition coefficient (Wildman–Crippen LogP) is 3.97. The molecular weight excluding hydrogens is 327 g/mol. The Morgan fingerprint density at radius 1 is 1.41 bits per heavy atom. The summed E-state index contributed by atoms with van der Waals surface area (Å²) in [5.41, 5.74) is 1.61. The van der Waals surface area contributed by atoms with E-state index in [4.69, 9.17) is 23.2 Å². The lowest BCUT2D eigenvalue weighted by molar-refractivity contribution is 0.112. The van der Waals surface area contributed by atoms with E-state index < -0.39 is 0 Å². The van der Waals surface area contributed by atoms with Crippen LogP contribution in [0.5, 0.6) is 0 Å². The molecule has 0 aliphatic heterocycles. The molecule has 0 amide bonds. The molecule has 0 spiro atoms. The molecule has 6 heteroatoms. The lowest BCUT2D eigenvalue weighted by atomic mass is 10.1. The van der Waals surface area contributed by atoms with Gasteiger partial charge in [0, 0.05) is 22.1 Å². The van der Waals surface area contributed by atoms with E-state index in [0.29, 0.717) is 27.7 Å². The van der Waals surface area contributed by atoms with Crippen LogP contribution in [-0.4, -0.2) is 16.1 Å². The summed E-state index contributed by atoms with van der Waals surface area (Å²) in [5.74, 6) is 0. The lowest BCUT2D eigenvalue weighted by Crippen LogP contribution is -1.90. The van der Waals surface area contributed by atoms with Crippen LogP contribution < -0.4 is 0 Å². The summed E-state index contributed by atoms with van der Waals surface area (Å²) in [6, 6.07) is 5.28. The first-order valence-electron chi connectivity index (χ1n) is 4.67. The average molecular weight is 334 g/mol. The Labute approximate surface area is 116 Å². The highest BCUT2D eigenvalue weighted by Gasteiger charge is 2.17. The van der Waals surface area contributed by atoms with Gasteiger partial charge in [0.1, 0.15) is 10.8 Å². The molecule has 0 fully saturated rings. The summed E-state index contributed by atoms with van der Waals surface area (Å²) in [7, 11) is 1.68. The monoisotopic (exact) mass is 332 g/mol. The fraction of sp³-hybridized carbons (Fsp3) is 0.0909. The van der Waals surface area contributed by atoms with Crippen LogP contribution in [0.1, 0.15) is 10.4 Å². The zero-order valence-electron chi connectivity index (χ0n) is 8.75. The number of rotatable bonds is 2. The minimum atomic E-state index is 0.307. The molecule has 0 aliphatic carbocycles. The van der Waals surface area contributed by atoms with Gasteiger partial charge in [0.25, 0.3) is 0 Å².